The van der Waals surface area contributed by atoms with Crippen LogP contribution in [-0.2, 0) is 20.7 Å². The Morgan fingerprint density at radius 2 is 2.21 bits per heavy atom. The van der Waals surface area contributed by atoms with Crippen molar-refractivity contribution in [3.8, 4) is 0 Å². The van der Waals surface area contributed by atoms with Crippen LogP contribution in [0, 0.1) is 11.3 Å². The number of carbonyl (C=O) groups is 2. The first-order valence-electron chi connectivity index (χ1n) is 8.61. The zero-order valence-corrected chi connectivity index (χ0v) is 13.7. The van der Waals surface area contributed by atoms with Crippen molar-refractivity contribution in [2.45, 2.75) is 31.7 Å². The molecule has 3 atom stereocenters. The van der Waals surface area contributed by atoms with E-state index in [4.69, 9.17) is 4.74 Å². The maximum absolute atomic E-state index is 12.9. The summed E-state index contributed by atoms with van der Waals surface area (Å²) < 4.78 is 5.19. The Kier molecular flexibility index (Phi) is 2.71. The van der Waals surface area contributed by atoms with Gasteiger partial charge in [-0.05, 0) is 36.8 Å². The second-order valence-electron chi connectivity index (χ2n) is 7.44. The van der Waals surface area contributed by atoms with Crippen LogP contribution in [0.25, 0.3) is 10.9 Å². The minimum Gasteiger partial charge on any atom is -0.469 e. The largest absolute Gasteiger partial charge is 0.469 e. The predicted octanol–water partition coefficient (Wildman–Crippen LogP) is 2.57. The van der Waals surface area contributed by atoms with Gasteiger partial charge in [-0.3, -0.25) is 9.59 Å². The van der Waals surface area contributed by atoms with Crippen molar-refractivity contribution in [3.05, 3.63) is 35.5 Å². The summed E-state index contributed by atoms with van der Waals surface area (Å²) in [6.07, 6.45) is 3.03. The molecule has 124 valence electrons. The highest BCUT2D eigenvalue weighted by atomic mass is 16.5. The lowest BCUT2D eigenvalue weighted by Gasteiger charge is -2.48. The molecule has 3 heterocycles. The van der Waals surface area contributed by atoms with Crippen molar-refractivity contribution in [1.29, 1.82) is 0 Å². The third-order valence-electron chi connectivity index (χ3n) is 6.30. The summed E-state index contributed by atoms with van der Waals surface area (Å²) in [5.41, 5.74) is 2.55. The number of carbonyl (C=O) groups excluding carboxylic acids is 2. The average Bonchev–Trinajstić information content (AvgIpc) is 3.14. The molecule has 0 spiro atoms. The summed E-state index contributed by atoms with van der Waals surface area (Å²) in [6.45, 7) is 0.761. The molecule has 24 heavy (non-hydrogen) atoms. The van der Waals surface area contributed by atoms with Crippen LogP contribution in [-0.4, -0.2) is 35.4 Å². The minimum atomic E-state index is -0.594. The number of ether oxygens (including phenoxy) is 1. The smallest absolute Gasteiger partial charge is 0.314 e. The Morgan fingerprint density at radius 3 is 3.04 bits per heavy atom. The molecule has 1 amide bonds. The van der Waals surface area contributed by atoms with Gasteiger partial charge in [-0.15, -0.1) is 0 Å². The van der Waals surface area contributed by atoms with Crippen LogP contribution in [0.5, 0.6) is 0 Å². The number of hydrogen-bond acceptors (Lipinski definition) is 3. The first kappa shape index (κ1) is 14.1. The molecule has 1 saturated heterocycles. The standard InChI is InChI=1S/C19H20N2O3/c1-24-18(23)19-7-6-11(9-19)10-21-15(22)8-13-12-4-2-3-5-14(12)20-16(13)17(19)21/h2-5,11,17,20H,6-10H2,1H3. The lowest BCUT2D eigenvalue weighted by molar-refractivity contribution is -0.164. The molecule has 1 saturated carbocycles. The number of methoxy groups -OCH3 is 1. The number of para-hydroxylation sites is 1. The van der Waals surface area contributed by atoms with E-state index in [2.05, 4.69) is 11.1 Å². The van der Waals surface area contributed by atoms with Crippen molar-refractivity contribution >= 4 is 22.8 Å². The molecule has 5 nitrogen and oxygen atoms in total. The average molecular weight is 324 g/mol. The zero-order chi connectivity index (χ0) is 16.5. The lowest BCUT2D eigenvalue weighted by atomic mass is 9.71. The van der Waals surface area contributed by atoms with Crippen LogP contribution in [0.3, 0.4) is 0 Å². The fourth-order valence-electron chi connectivity index (χ4n) is 5.34. The lowest BCUT2D eigenvalue weighted by Crippen LogP contribution is -2.54. The van der Waals surface area contributed by atoms with E-state index in [9.17, 15) is 9.59 Å². The number of aromatic amines is 1. The van der Waals surface area contributed by atoms with E-state index in [0.717, 1.165) is 48.0 Å². The van der Waals surface area contributed by atoms with Gasteiger partial charge in [0.1, 0.15) is 0 Å². The van der Waals surface area contributed by atoms with Crippen molar-refractivity contribution in [2.24, 2.45) is 11.3 Å². The Morgan fingerprint density at radius 1 is 1.38 bits per heavy atom. The number of amides is 1. The first-order chi connectivity index (χ1) is 11.6. The molecule has 5 rings (SSSR count). The van der Waals surface area contributed by atoms with E-state index in [-0.39, 0.29) is 17.9 Å². The SMILES string of the molecule is COC(=O)C12CCC(CN3C(=O)Cc4c([nH]c5ccccc45)C31)C2. The number of benzene rings is 1. The van der Waals surface area contributed by atoms with Gasteiger partial charge in [-0.25, -0.2) is 0 Å². The predicted molar refractivity (Wildman–Crippen MR) is 88.2 cm³/mol. The van der Waals surface area contributed by atoms with Crippen LogP contribution in [0.2, 0.25) is 0 Å². The maximum atomic E-state index is 12.9. The Labute approximate surface area is 140 Å². The molecular formula is C19H20N2O3. The molecule has 2 fully saturated rings. The summed E-state index contributed by atoms with van der Waals surface area (Å²) in [5, 5.41) is 1.10. The number of aromatic nitrogens is 1. The van der Waals surface area contributed by atoms with Gasteiger partial charge < -0.3 is 14.6 Å². The van der Waals surface area contributed by atoms with E-state index in [0.29, 0.717) is 12.3 Å². The van der Waals surface area contributed by atoms with Crippen molar-refractivity contribution in [2.75, 3.05) is 13.7 Å². The van der Waals surface area contributed by atoms with Crippen molar-refractivity contribution in [3.63, 3.8) is 0 Å². The van der Waals surface area contributed by atoms with E-state index >= 15 is 0 Å². The third kappa shape index (κ3) is 1.60. The van der Waals surface area contributed by atoms with Gasteiger partial charge in [0.2, 0.25) is 5.91 Å². The van der Waals surface area contributed by atoms with Crippen molar-refractivity contribution < 1.29 is 14.3 Å². The Balaban J connectivity index is 1.76. The Bertz CT molecular complexity index is 871. The molecule has 3 aliphatic rings. The molecule has 1 aliphatic carbocycles. The van der Waals surface area contributed by atoms with Crippen LogP contribution >= 0.6 is 0 Å². The van der Waals surface area contributed by atoms with Crippen LogP contribution in [0.15, 0.2) is 24.3 Å². The zero-order valence-electron chi connectivity index (χ0n) is 13.7. The van der Waals surface area contributed by atoms with Gasteiger partial charge in [0, 0.05) is 23.1 Å². The number of rotatable bonds is 1. The summed E-state index contributed by atoms with van der Waals surface area (Å²) in [5.74, 6) is 0.381. The van der Waals surface area contributed by atoms with Crippen LogP contribution < -0.4 is 0 Å². The maximum Gasteiger partial charge on any atom is 0.314 e. The fraction of sp³-hybridized carbons (Fsp3) is 0.474. The van der Waals surface area contributed by atoms with Crippen LogP contribution in [0.1, 0.15) is 36.6 Å². The summed E-state index contributed by atoms with van der Waals surface area (Å²) >= 11 is 0. The normalized spacial score (nSPS) is 31.0. The van der Waals surface area contributed by atoms with E-state index < -0.39 is 5.41 Å². The summed E-state index contributed by atoms with van der Waals surface area (Å²) in [7, 11) is 1.46. The van der Waals surface area contributed by atoms with Gasteiger partial charge in [0.25, 0.3) is 0 Å². The molecule has 1 aromatic carbocycles. The van der Waals surface area contributed by atoms with Gasteiger partial charge in [0.05, 0.1) is 25.0 Å². The number of nitrogens with zero attached hydrogens (tertiary/aromatic N) is 1. The quantitative estimate of drug-likeness (QED) is 0.820. The summed E-state index contributed by atoms with van der Waals surface area (Å²) in [6, 6.07) is 7.86. The second kappa shape index (κ2) is 4.62. The van der Waals surface area contributed by atoms with E-state index in [1.165, 1.54) is 7.11 Å². The minimum absolute atomic E-state index is 0.136. The van der Waals surface area contributed by atoms with Gasteiger partial charge >= 0.3 is 5.97 Å². The number of hydrogen-bond donors (Lipinski definition) is 1. The molecule has 2 aromatic rings. The van der Waals surface area contributed by atoms with E-state index in [1.807, 2.05) is 23.1 Å². The second-order valence-corrected chi connectivity index (χ2v) is 7.44. The summed E-state index contributed by atoms with van der Waals surface area (Å²) in [4.78, 5) is 31.1. The molecule has 5 heteroatoms. The van der Waals surface area contributed by atoms with E-state index in [1.54, 1.807) is 0 Å². The van der Waals surface area contributed by atoms with Crippen molar-refractivity contribution in [1.82, 2.24) is 9.88 Å². The third-order valence-corrected chi connectivity index (χ3v) is 6.30. The highest BCUT2D eigenvalue weighted by Crippen LogP contribution is 2.59. The Hall–Kier alpha value is -2.30. The van der Waals surface area contributed by atoms with Crippen LogP contribution in [0.4, 0.5) is 0 Å². The molecule has 0 radical (unpaired) electrons. The highest BCUT2D eigenvalue weighted by molar-refractivity contribution is 5.94. The molecule has 3 unspecified atom stereocenters. The fourth-order valence-corrected chi connectivity index (χ4v) is 5.34. The molecule has 2 bridgehead atoms. The molecular weight excluding hydrogens is 304 g/mol. The number of piperidine rings is 1. The molecule has 1 aromatic heterocycles. The van der Waals surface area contributed by atoms with Gasteiger partial charge in [-0.2, -0.15) is 0 Å². The monoisotopic (exact) mass is 324 g/mol. The van der Waals surface area contributed by atoms with Gasteiger partial charge in [-0.1, -0.05) is 18.2 Å². The topological polar surface area (TPSA) is 62.4 Å². The number of fused-ring (bicyclic) bond motifs is 8. The molecule has 2 aliphatic heterocycles. The first-order valence-corrected chi connectivity index (χ1v) is 8.61. The number of nitrogens with one attached hydrogen (secondary N) is 1. The molecule has 1 N–H and O–H groups in total. The number of H-pyrrole nitrogens is 1. The number of esters is 1. The van der Waals surface area contributed by atoms with Gasteiger partial charge in [0.15, 0.2) is 0 Å². The highest BCUT2D eigenvalue weighted by Gasteiger charge is 2.60.